The van der Waals surface area contributed by atoms with Crippen LogP contribution >= 0.6 is 0 Å². The molecule has 0 aromatic carbocycles. The number of rotatable bonds is 6. The van der Waals surface area contributed by atoms with Gasteiger partial charge in [0, 0.05) is 45.3 Å². The van der Waals surface area contributed by atoms with Gasteiger partial charge in [0.05, 0.1) is 0 Å². The maximum atomic E-state index is 12.0. The Kier molecular flexibility index (Phi) is 6.96. The largest absolute Gasteiger partial charge is 0.338 e. The van der Waals surface area contributed by atoms with Crippen LogP contribution in [-0.4, -0.2) is 67.7 Å². The molecule has 5 heteroatoms. The van der Waals surface area contributed by atoms with Gasteiger partial charge in [-0.2, -0.15) is 0 Å². The molecule has 2 amide bonds. The number of nitrogens with zero attached hydrogens (tertiary/aromatic N) is 2. The predicted octanol–water partition coefficient (Wildman–Crippen LogP) is 1.75. The summed E-state index contributed by atoms with van der Waals surface area (Å²) in [5, 5.41) is 6.18. The Bertz CT molecular complexity index is 342. The molecule has 0 aromatic rings. The van der Waals surface area contributed by atoms with Crippen LogP contribution in [0, 0.1) is 11.8 Å². The van der Waals surface area contributed by atoms with Gasteiger partial charge in [-0.05, 0) is 31.2 Å². The van der Waals surface area contributed by atoms with Crippen molar-refractivity contribution in [3.63, 3.8) is 0 Å². The van der Waals surface area contributed by atoms with Gasteiger partial charge >= 0.3 is 6.03 Å². The number of likely N-dealkylation sites (N-methyl/N-ethyl adjacent to an activating group) is 1. The van der Waals surface area contributed by atoms with Gasteiger partial charge in [0.15, 0.2) is 0 Å². The number of carbonyl (C=O) groups is 1. The monoisotopic (exact) mass is 310 g/mol. The molecule has 2 rings (SSSR count). The predicted molar refractivity (Wildman–Crippen MR) is 91.1 cm³/mol. The van der Waals surface area contributed by atoms with Gasteiger partial charge in [0.2, 0.25) is 0 Å². The van der Waals surface area contributed by atoms with E-state index in [0.717, 1.165) is 39.1 Å². The molecule has 0 unspecified atom stereocenters. The van der Waals surface area contributed by atoms with E-state index in [1.54, 1.807) is 0 Å². The minimum Gasteiger partial charge on any atom is -0.338 e. The Hall–Kier alpha value is -0.810. The topological polar surface area (TPSA) is 47.6 Å². The minimum absolute atomic E-state index is 0.0152. The SMILES string of the molecule is CCN1CCN(C[C@H](C)CNC(=O)N[C@@H]2CCC[C@@H]2C)CC1. The summed E-state index contributed by atoms with van der Waals surface area (Å²) >= 11 is 0. The van der Waals surface area contributed by atoms with Crippen LogP contribution in [-0.2, 0) is 0 Å². The standard InChI is InChI=1S/C17H34N4O/c1-4-20-8-10-21(11-9-20)13-14(2)12-18-17(22)19-16-7-5-6-15(16)3/h14-16H,4-13H2,1-3H3,(H2,18,19,22)/t14-,15+,16-/m1/s1. The lowest BCUT2D eigenvalue weighted by atomic mass is 10.1. The number of hydrogen-bond acceptors (Lipinski definition) is 3. The summed E-state index contributed by atoms with van der Waals surface area (Å²) in [4.78, 5) is 17.0. The molecule has 128 valence electrons. The van der Waals surface area contributed by atoms with Crippen LogP contribution < -0.4 is 10.6 Å². The van der Waals surface area contributed by atoms with Crippen LogP contribution in [0.3, 0.4) is 0 Å². The lowest BCUT2D eigenvalue weighted by Gasteiger charge is -2.35. The van der Waals surface area contributed by atoms with Crippen molar-refractivity contribution in [2.45, 2.75) is 46.1 Å². The molecule has 3 atom stereocenters. The number of carbonyl (C=O) groups excluding carboxylic acids is 1. The molecule has 0 spiro atoms. The molecule has 1 heterocycles. The summed E-state index contributed by atoms with van der Waals surface area (Å²) in [6.45, 7) is 14.4. The number of urea groups is 1. The molecule has 1 aliphatic carbocycles. The van der Waals surface area contributed by atoms with E-state index >= 15 is 0 Å². The molecular weight excluding hydrogens is 276 g/mol. The minimum atomic E-state index is 0.0152. The fourth-order valence-corrected chi connectivity index (χ4v) is 3.64. The van der Waals surface area contributed by atoms with Gasteiger partial charge in [-0.15, -0.1) is 0 Å². The van der Waals surface area contributed by atoms with Crippen molar-refractivity contribution in [2.75, 3.05) is 45.8 Å². The highest BCUT2D eigenvalue weighted by Crippen LogP contribution is 2.24. The summed E-state index contributed by atoms with van der Waals surface area (Å²) in [6, 6.07) is 0.388. The van der Waals surface area contributed by atoms with Crippen LogP contribution in [0.25, 0.3) is 0 Å². The van der Waals surface area contributed by atoms with Gasteiger partial charge in [-0.25, -0.2) is 4.79 Å². The normalized spacial score (nSPS) is 28.5. The smallest absolute Gasteiger partial charge is 0.315 e. The van der Waals surface area contributed by atoms with Gasteiger partial charge in [0.25, 0.3) is 0 Å². The molecular formula is C17H34N4O. The van der Waals surface area contributed by atoms with E-state index in [1.165, 1.54) is 25.9 Å². The van der Waals surface area contributed by atoms with Crippen molar-refractivity contribution in [1.82, 2.24) is 20.4 Å². The highest BCUT2D eigenvalue weighted by atomic mass is 16.2. The number of hydrogen-bond donors (Lipinski definition) is 2. The third-order valence-corrected chi connectivity index (χ3v) is 5.27. The van der Waals surface area contributed by atoms with Crippen LogP contribution in [0.1, 0.15) is 40.0 Å². The average molecular weight is 310 g/mol. The molecule has 22 heavy (non-hydrogen) atoms. The second kappa shape index (κ2) is 8.73. The third-order valence-electron chi connectivity index (χ3n) is 5.27. The van der Waals surface area contributed by atoms with Crippen molar-refractivity contribution in [3.8, 4) is 0 Å². The first-order chi connectivity index (χ1) is 10.6. The summed E-state index contributed by atoms with van der Waals surface area (Å²) in [5.41, 5.74) is 0. The first-order valence-electron chi connectivity index (χ1n) is 9.07. The summed E-state index contributed by atoms with van der Waals surface area (Å²) in [7, 11) is 0. The zero-order chi connectivity index (χ0) is 15.9. The Morgan fingerprint density at radius 2 is 1.86 bits per heavy atom. The summed E-state index contributed by atoms with van der Waals surface area (Å²) < 4.78 is 0. The van der Waals surface area contributed by atoms with Crippen molar-refractivity contribution >= 4 is 6.03 Å². The molecule has 1 saturated carbocycles. The van der Waals surface area contributed by atoms with Crippen LogP contribution in [0.15, 0.2) is 0 Å². The van der Waals surface area contributed by atoms with E-state index in [2.05, 4.69) is 41.2 Å². The third kappa shape index (κ3) is 5.43. The maximum Gasteiger partial charge on any atom is 0.315 e. The lowest BCUT2D eigenvalue weighted by Crippen LogP contribution is -2.49. The molecule has 1 saturated heterocycles. The summed E-state index contributed by atoms with van der Waals surface area (Å²) in [6.07, 6.45) is 3.61. The van der Waals surface area contributed by atoms with Crippen molar-refractivity contribution < 1.29 is 4.79 Å². The molecule has 1 aliphatic heterocycles. The Labute approximate surface area is 135 Å². The Morgan fingerprint density at radius 1 is 1.18 bits per heavy atom. The van der Waals surface area contributed by atoms with E-state index in [9.17, 15) is 4.79 Å². The van der Waals surface area contributed by atoms with E-state index in [-0.39, 0.29) is 6.03 Å². The quantitative estimate of drug-likeness (QED) is 0.786. The number of piperazine rings is 1. The average Bonchev–Trinajstić information content (AvgIpc) is 2.91. The second-order valence-corrected chi connectivity index (χ2v) is 7.21. The molecule has 0 aromatic heterocycles. The van der Waals surface area contributed by atoms with E-state index < -0.39 is 0 Å². The van der Waals surface area contributed by atoms with Crippen molar-refractivity contribution in [2.24, 2.45) is 11.8 Å². The Morgan fingerprint density at radius 3 is 2.45 bits per heavy atom. The van der Waals surface area contributed by atoms with Gasteiger partial charge in [-0.1, -0.05) is 27.2 Å². The molecule has 2 aliphatic rings. The molecule has 2 fully saturated rings. The highest BCUT2D eigenvalue weighted by Gasteiger charge is 2.24. The zero-order valence-electron chi connectivity index (χ0n) is 14.6. The van der Waals surface area contributed by atoms with Crippen LogP contribution in [0.2, 0.25) is 0 Å². The first kappa shape index (κ1) is 17.5. The fourth-order valence-electron chi connectivity index (χ4n) is 3.64. The summed E-state index contributed by atoms with van der Waals surface area (Å²) in [5.74, 6) is 1.12. The zero-order valence-corrected chi connectivity index (χ0v) is 14.6. The lowest BCUT2D eigenvalue weighted by molar-refractivity contribution is 0.124. The van der Waals surface area contributed by atoms with Gasteiger partial charge in [0.1, 0.15) is 0 Å². The second-order valence-electron chi connectivity index (χ2n) is 7.21. The first-order valence-corrected chi connectivity index (χ1v) is 9.07. The van der Waals surface area contributed by atoms with Crippen LogP contribution in [0.4, 0.5) is 4.79 Å². The number of nitrogens with one attached hydrogen (secondary N) is 2. The molecule has 0 radical (unpaired) electrons. The van der Waals surface area contributed by atoms with Crippen LogP contribution in [0.5, 0.6) is 0 Å². The Balaban J connectivity index is 1.59. The van der Waals surface area contributed by atoms with Gasteiger partial charge < -0.3 is 20.4 Å². The van der Waals surface area contributed by atoms with Crippen molar-refractivity contribution in [3.05, 3.63) is 0 Å². The van der Waals surface area contributed by atoms with Crippen molar-refractivity contribution in [1.29, 1.82) is 0 Å². The maximum absolute atomic E-state index is 12.0. The highest BCUT2D eigenvalue weighted by molar-refractivity contribution is 5.74. The fraction of sp³-hybridized carbons (Fsp3) is 0.941. The van der Waals surface area contributed by atoms with E-state index in [1.807, 2.05) is 0 Å². The van der Waals surface area contributed by atoms with E-state index in [0.29, 0.717) is 17.9 Å². The number of amides is 2. The van der Waals surface area contributed by atoms with Gasteiger partial charge in [-0.3, -0.25) is 0 Å². The van der Waals surface area contributed by atoms with E-state index in [4.69, 9.17) is 0 Å². The molecule has 5 nitrogen and oxygen atoms in total. The molecule has 2 N–H and O–H groups in total. The molecule has 0 bridgehead atoms.